The van der Waals surface area contributed by atoms with Crippen LogP contribution in [0.15, 0.2) is 30.3 Å². The zero-order valence-corrected chi connectivity index (χ0v) is 18.0. The van der Waals surface area contributed by atoms with Crippen LogP contribution in [0.3, 0.4) is 0 Å². The smallest absolute Gasteiger partial charge is 0.260 e. The van der Waals surface area contributed by atoms with Crippen molar-refractivity contribution < 1.29 is 9.53 Å². The second-order valence-corrected chi connectivity index (χ2v) is 8.70. The maximum Gasteiger partial charge on any atom is 0.260 e. The highest BCUT2D eigenvalue weighted by Gasteiger charge is 2.34. The number of ether oxygens (including phenoxy) is 1. The van der Waals surface area contributed by atoms with Crippen molar-refractivity contribution in [3.63, 3.8) is 0 Å². The number of aromatic nitrogens is 4. The number of hydrogen-bond donors (Lipinski definition) is 2. The minimum absolute atomic E-state index is 0.0559. The van der Waals surface area contributed by atoms with E-state index in [4.69, 9.17) is 4.74 Å². The third-order valence-corrected chi connectivity index (χ3v) is 6.17. The average molecular weight is 419 g/mol. The summed E-state index contributed by atoms with van der Waals surface area (Å²) in [6.07, 6.45) is 2.86. The number of pyridine rings is 1. The van der Waals surface area contributed by atoms with Crippen molar-refractivity contribution in [1.82, 2.24) is 25.1 Å². The summed E-state index contributed by atoms with van der Waals surface area (Å²) in [5, 5.41) is 15.0. The monoisotopic (exact) mass is 418 g/mol. The molecule has 0 atom stereocenters. The van der Waals surface area contributed by atoms with Crippen LogP contribution in [0.2, 0.25) is 0 Å². The molecule has 0 radical (unpaired) electrons. The highest BCUT2D eigenvalue weighted by Crippen LogP contribution is 2.35. The molecule has 0 unspecified atom stereocenters. The summed E-state index contributed by atoms with van der Waals surface area (Å²) in [7, 11) is 1.59. The van der Waals surface area contributed by atoms with Crippen molar-refractivity contribution in [3.8, 4) is 17.3 Å². The molecule has 160 valence electrons. The molecule has 2 N–H and O–H groups in total. The van der Waals surface area contributed by atoms with Gasteiger partial charge in [0.1, 0.15) is 23.1 Å². The van der Waals surface area contributed by atoms with Gasteiger partial charge in [0.15, 0.2) is 5.82 Å². The lowest BCUT2D eigenvalue weighted by atomic mass is 9.97. The molecule has 2 aromatic heterocycles. The second kappa shape index (κ2) is 7.46. The topological polar surface area (TPSA) is 94.0 Å². The quantitative estimate of drug-likeness (QED) is 0.677. The molecular formula is C23H26N6O2. The maximum atomic E-state index is 13.1. The van der Waals surface area contributed by atoms with Gasteiger partial charge in [0.05, 0.1) is 12.7 Å². The van der Waals surface area contributed by atoms with Crippen molar-refractivity contribution >= 4 is 11.7 Å². The molecule has 8 heteroatoms. The van der Waals surface area contributed by atoms with Gasteiger partial charge < -0.3 is 19.9 Å². The van der Waals surface area contributed by atoms with Crippen molar-refractivity contribution in [2.24, 2.45) is 0 Å². The molecule has 4 heterocycles. The average Bonchev–Trinajstić information content (AvgIpc) is 3.34. The number of amides is 1. The van der Waals surface area contributed by atoms with Crippen LogP contribution in [0.5, 0.6) is 5.75 Å². The van der Waals surface area contributed by atoms with Gasteiger partial charge in [0.2, 0.25) is 0 Å². The zero-order valence-electron chi connectivity index (χ0n) is 18.0. The first-order valence-corrected chi connectivity index (χ1v) is 10.6. The summed E-state index contributed by atoms with van der Waals surface area (Å²) < 4.78 is 7.66. The second-order valence-electron chi connectivity index (χ2n) is 8.70. The van der Waals surface area contributed by atoms with E-state index in [0.717, 1.165) is 49.6 Å². The van der Waals surface area contributed by atoms with E-state index in [1.165, 1.54) is 5.56 Å². The van der Waals surface area contributed by atoms with Crippen LogP contribution in [-0.2, 0) is 24.9 Å². The highest BCUT2D eigenvalue weighted by atomic mass is 16.5. The van der Waals surface area contributed by atoms with Crippen LogP contribution < -0.4 is 15.4 Å². The number of nitrogens with one attached hydrogen (secondary N) is 2. The molecule has 3 aromatic rings. The number of fused-ring (bicyclic) bond motifs is 2. The molecule has 0 bridgehead atoms. The molecule has 1 aromatic carbocycles. The molecule has 0 saturated carbocycles. The minimum atomic E-state index is -0.248. The van der Waals surface area contributed by atoms with Gasteiger partial charge in [-0.2, -0.15) is 0 Å². The van der Waals surface area contributed by atoms with E-state index < -0.39 is 0 Å². The molecule has 5 rings (SSSR count). The Bertz CT molecular complexity index is 1170. The zero-order chi connectivity index (χ0) is 21.6. The van der Waals surface area contributed by atoms with Crippen molar-refractivity contribution in [2.45, 2.75) is 45.2 Å². The first-order valence-electron chi connectivity index (χ1n) is 10.6. The highest BCUT2D eigenvalue weighted by molar-refractivity contribution is 6.06. The number of carbonyl (C=O) groups excluding carboxylic acids is 1. The SMILES string of the molecule is COc1cc2c(cc1C(=O)Nc1cccc(-c3nnc4n3C(C)(C)CC4)n1)CNCC2. The molecule has 0 aliphatic carbocycles. The van der Waals surface area contributed by atoms with Crippen molar-refractivity contribution in [3.05, 3.63) is 52.8 Å². The van der Waals surface area contributed by atoms with Crippen LogP contribution in [0.4, 0.5) is 5.82 Å². The number of rotatable bonds is 4. The van der Waals surface area contributed by atoms with Gasteiger partial charge in [-0.05, 0) is 68.6 Å². The van der Waals surface area contributed by atoms with Crippen LogP contribution in [0.1, 0.15) is 47.6 Å². The summed E-state index contributed by atoms with van der Waals surface area (Å²) in [4.78, 5) is 17.7. The molecule has 31 heavy (non-hydrogen) atoms. The van der Waals surface area contributed by atoms with E-state index in [-0.39, 0.29) is 11.4 Å². The first-order chi connectivity index (χ1) is 15.0. The molecule has 0 spiro atoms. The fourth-order valence-corrected chi connectivity index (χ4v) is 4.48. The number of anilines is 1. The molecule has 0 saturated heterocycles. The van der Waals surface area contributed by atoms with E-state index in [2.05, 4.69) is 44.2 Å². The minimum Gasteiger partial charge on any atom is -0.496 e. The Hall–Kier alpha value is -3.26. The van der Waals surface area contributed by atoms with Gasteiger partial charge in [-0.1, -0.05) is 6.07 Å². The van der Waals surface area contributed by atoms with Gasteiger partial charge in [-0.25, -0.2) is 4.98 Å². The summed E-state index contributed by atoms with van der Waals surface area (Å²) >= 11 is 0. The Labute approximate surface area is 181 Å². The Morgan fingerprint density at radius 3 is 2.90 bits per heavy atom. The van der Waals surface area contributed by atoms with Gasteiger partial charge in [-0.3, -0.25) is 4.79 Å². The van der Waals surface area contributed by atoms with Crippen LogP contribution in [-0.4, -0.2) is 39.3 Å². The van der Waals surface area contributed by atoms with Gasteiger partial charge >= 0.3 is 0 Å². The van der Waals surface area contributed by atoms with E-state index in [0.29, 0.717) is 22.8 Å². The Kier molecular flexibility index (Phi) is 4.74. The van der Waals surface area contributed by atoms with Gasteiger partial charge in [-0.15, -0.1) is 10.2 Å². The normalized spacial score (nSPS) is 16.5. The number of carbonyl (C=O) groups is 1. The largest absolute Gasteiger partial charge is 0.496 e. The summed E-state index contributed by atoms with van der Waals surface area (Å²) in [5.41, 5.74) is 3.48. The third-order valence-electron chi connectivity index (χ3n) is 6.17. The van der Waals surface area contributed by atoms with Crippen molar-refractivity contribution in [1.29, 1.82) is 0 Å². The number of methoxy groups -OCH3 is 1. The molecule has 0 fully saturated rings. The van der Waals surface area contributed by atoms with E-state index >= 15 is 0 Å². The van der Waals surface area contributed by atoms with E-state index in [9.17, 15) is 4.79 Å². The van der Waals surface area contributed by atoms with Gasteiger partial charge in [0.25, 0.3) is 5.91 Å². The number of nitrogens with zero attached hydrogens (tertiary/aromatic N) is 4. The Balaban J connectivity index is 1.44. The predicted octanol–water partition coefficient (Wildman–Crippen LogP) is 2.93. The molecule has 2 aliphatic heterocycles. The number of benzene rings is 1. The van der Waals surface area contributed by atoms with Gasteiger partial charge in [0, 0.05) is 18.5 Å². The lowest BCUT2D eigenvalue weighted by Crippen LogP contribution is -2.25. The maximum absolute atomic E-state index is 13.1. The van der Waals surface area contributed by atoms with Crippen molar-refractivity contribution in [2.75, 3.05) is 19.0 Å². The lowest BCUT2D eigenvalue weighted by molar-refractivity contribution is 0.102. The van der Waals surface area contributed by atoms with E-state index in [1.54, 1.807) is 13.2 Å². The Morgan fingerprint density at radius 2 is 2.06 bits per heavy atom. The number of aryl methyl sites for hydroxylation is 1. The lowest BCUT2D eigenvalue weighted by Gasteiger charge is -2.22. The van der Waals surface area contributed by atoms with Crippen LogP contribution >= 0.6 is 0 Å². The summed E-state index contributed by atoms with van der Waals surface area (Å²) in [5.74, 6) is 2.50. The predicted molar refractivity (Wildman–Crippen MR) is 117 cm³/mol. The molecule has 2 aliphatic rings. The summed E-state index contributed by atoms with van der Waals surface area (Å²) in [6.45, 7) is 6.04. The van der Waals surface area contributed by atoms with E-state index in [1.807, 2.05) is 24.3 Å². The molecule has 1 amide bonds. The standard InChI is InChI=1S/C23H26N6O2/c1-23(2)9-7-20-27-28-21(29(20)23)17-5-4-6-19(25-17)26-22(30)16-11-15-13-24-10-8-14(15)12-18(16)31-3/h4-6,11-12,24H,7-10,13H2,1-3H3,(H,25,26,30). The Morgan fingerprint density at radius 1 is 1.19 bits per heavy atom. The molecule has 8 nitrogen and oxygen atoms in total. The third kappa shape index (κ3) is 3.46. The van der Waals surface area contributed by atoms with Crippen LogP contribution in [0, 0.1) is 0 Å². The number of hydrogen-bond acceptors (Lipinski definition) is 6. The van der Waals surface area contributed by atoms with Crippen LogP contribution in [0.25, 0.3) is 11.5 Å². The fourth-order valence-electron chi connectivity index (χ4n) is 4.48. The fraction of sp³-hybridized carbons (Fsp3) is 0.391. The molecular weight excluding hydrogens is 392 g/mol. The summed E-state index contributed by atoms with van der Waals surface area (Å²) in [6, 6.07) is 9.42. The first kappa shape index (κ1) is 19.7.